The van der Waals surface area contributed by atoms with Crippen LogP contribution in [0.4, 0.5) is 24.5 Å². The lowest BCUT2D eigenvalue weighted by Gasteiger charge is -2.36. The van der Waals surface area contributed by atoms with E-state index >= 15 is 0 Å². The van der Waals surface area contributed by atoms with E-state index in [1.54, 1.807) is 15.9 Å². The molecule has 3 aromatic rings. The fourth-order valence-corrected chi connectivity index (χ4v) is 4.99. The number of hydrogen-bond donors (Lipinski definition) is 1. The SMILES string of the molecule is O=C(c1ccc2[nH]c3c(c2c1)CCCC3)N1CCN(c2ccc(C(F)(F)F)cc2[N+](=O)[O-])CC1. The van der Waals surface area contributed by atoms with Crippen molar-refractivity contribution in [3.8, 4) is 0 Å². The highest BCUT2D eigenvalue weighted by atomic mass is 19.4. The van der Waals surface area contributed by atoms with Crippen LogP contribution >= 0.6 is 0 Å². The Morgan fingerprint density at radius 3 is 2.44 bits per heavy atom. The van der Waals surface area contributed by atoms with Crippen molar-refractivity contribution in [1.82, 2.24) is 9.88 Å². The molecule has 1 aliphatic carbocycles. The molecule has 0 unspecified atom stereocenters. The highest BCUT2D eigenvalue weighted by Gasteiger charge is 2.34. The van der Waals surface area contributed by atoms with Crippen molar-refractivity contribution < 1.29 is 22.9 Å². The van der Waals surface area contributed by atoms with Gasteiger partial charge in [-0.2, -0.15) is 13.2 Å². The number of H-pyrrole nitrogens is 1. The first kappa shape index (κ1) is 22.2. The smallest absolute Gasteiger partial charge is 0.362 e. The number of aromatic amines is 1. The van der Waals surface area contributed by atoms with E-state index in [4.69, 9.17) is 0 Å². The van der Waals surface area contributed by atoms with Crippen molar-refractivity contribution in [3.63, 3.8) is 0 Å². The number of carbonyl (C=O) groups is 1. The summed E-state index contributed by atoms with van der Waals surface area (Å²) in [5, 5.41) is 12.5. The second-order valence-corrected chi connectivity index (χ2v) is 8.79. The standard InChI is InChI=1S/C24H23F3N4O3/c25-24(26,27)16-6-8-21(22(14-16)31(33)34)29-9-11-30(12-10-29)23(32)15-5-7-20-18(13-15)17-3-1-2-4-19(17)28-20/h5-8,13-14,28H,1-4,9-12H2. The number of piperazine rings is 1. The monoisotopic (exact) mass is 472 g/mol. The van der Waals surface area contributed by atoms with E-state index in [2.05, 4.69) is 4.98 Å². The van der Waals surface area contributed by atoms with Gasteiger partial charge >= 0.3 is 6.18 Å². The van der Waals surface area contributed by atoms with Crippen molar-refractivity contribution in [2.45, 2.75) is 31.9 Å². The molecule has 10 heteroatoms. The lowest BCUT2D eigenvalue weighted by atomic mass is 9.95. The number of aromatic nitrogens is 1. The van der Waals surface area contributed by atoms with Gasteiger partial charge < -0.3 is 14.8 Å². The first-order chi connectivity index (χ1) is 16.2. The predicted octanol–water partition coefficient (Wildman–Crippen LogP) is 4.94. The number of halogens is 3. The summed E-state index contributed by atoms with van der Waals surface area (Å²) >= 11 is 0. The number of alkyl halides is 3. The number of hydrogen-bond acceptors (Lipinski definition) is 4. The summed E-state index contributed by atoms with van der Waals surface area (Å²) in [6.07, 6.45) is -0.347. The number of nitrogens with one attached hydrogen (secondary N) is 1. The minimum absolute atomic E-state index is 0.116. The highest BCUT2D eigenvalue weighted by molar-refractivity contribution is 5.99. The molecule has 1 amide bonds. The maximum atomic E-state index is 13.2. The summed E-state index contributed by atoms with van der Waals surface area (Å²) in [5.74, 6) is -0.116. The zero-order chi connectivity index (χ0) is 24.0. The van der Waals surface area contributed by atoms with E-state index in [0.717, 1.165) is 48.7 Å². The van der Waals surface area contributed by atoms with Gasteiger partial charge in [0.2, 0.25) is 0 Å². The van der Waals surface area contributed by atoms with Crippen LogP contribution in [0.1, 0.15) is 40.0 Å². The van der Waals surface area contributed by atoms with Crippen LogP contribution < -0.4 is 4.90 Å². The third kappa shape index (κ3) is 3.97. The third-order valence-corrected chi connectivity index (χ3v) is 6.75. The Morgan fingerprint density at radius 1 is 1.00 bits per heavy atom. The normalized spacial score (nSPS) is 16.6. The molecule has 5 rings (SSSR count). The predicted molar refractivity (Wildman–Crippen MR) is 121 cm³/mol. The van der Waals surface area contributed by atoms with Crippen LogP contribution in [0.15, 0.2) is 36.4 Å². The number of benzene rings is 2. The number of nitrogens with zero attached hydrogens (tertiary/aromatic N) is 3. The molecule has 0 saturated carbocycles. The number of fused-ring (bicyclic) bond motifs is 3. The number of anilines is 1. The number of carbonyl (C=O) groups excluding carboxylic acids is 1. The van der Waals surface area contributed by atoms with Crippen LogP contribution in [0.5, 0.6) is 0 Å². The molecule has 2 heterocycles. The van der Waals surface area contributed by atoms with Gasteiger partial charge in [0.05, 0.1) is 10.5 Å². The van der Waals surface area contributed by atoms with Gasteiger partial charge in [-0.1, -0.05) is 0 Å². The number of nitro groups is 1. The number of rotatable bonds is 3. The summed E-state index contributed by atoms with van der Waals surface area (Å²) in [6, 6.07) is 8.24. The molecule has 1 saturated heterocycles. The maximum Gasteiger partial charge on any atom is 0.416 e. The van der Waals surface area contributed by atoms with Gasteiger partial charge in [-0.15, -0.1) is 0 Å². The number of aryl methyl sites for hydroxylation is 2. The van der Waals surface area contributed by atoms with Crippen LogP contribution in [0.2, 0.25) is 0 Å². The largest absolute Gasteiger partial charge is 0.416 e. The van der Waals surface area contributed by atoms with Gasteiger partial charge in [-0.3, -0.25) is 14.9 Å². The summed E-state index contributed by atoms with van der Waals surface area (Å²) in [6.45, 7) is 1.22. The fraction of sp³-hybridized carbons (Fsp3) is 0.375. The molecule has 2 aromatic carbocycles. The number of nitro benzene ring substituents is 1. The van der Waals surface area contributed by atoms with Gasteiger partial charge in [-0.25, -0.2) is 0 Å². The van der Waals surface area contributed by atoms with Crippen LogP contribution in [0.25, 0.3) is 10.9 Å². The molecule has 34 heavy (non-hydrogen) atoms. The van der Waals surface area contributed by atoms with Crippen molar-refractivity contribution >= 4 is 28.2 Å². The summed E-state index contributed by atoms with van der Waals surface area (Å²) < 4.78 is 39.0. The molecule has 178 valence electrons. The van der Waals surface area contributed by atoms with Crippen LogP contribution in [0.3, 0.4) is 0 Å². The van der Waals surface area contributed by atoms with Gasteiger partial charge in [0, 0.05) is 54.4 Å². The maximum absolute atomic E-state index is 13.2. The summed E-state index contributed by atoms with van der Waals surface area (Å²) in [7, 11) is 0. The molecule has 0 bridgehead atoms. The van der Waals surface area contributed by atoms with Gasteiger partial charge in [0.15, 0.2) is 0 Å². The third-order valence-electron chi connectivity index (χ3n) is 6.75. The van der Waals surface area contributed by atoms with Crippen LogP contribution in [-0.4, -0.2) is 46.9 Å². The second kappa shape index (κ2) is 8.34. The molecule has 2 aliphatic rings. The average molecular weight is 472 g/mol. The van der Waals surface area contributed by atoms with E-state index in [1.165, 1.54) is 11.3 Å². The molecular formula is C24H23F3N4O3. The molecule has 7 nitrogen and oxygen atoms in total. The van der Waals surface area contributed by atoms with Crippen molar-refractivity contribution in [1.29, 1.82) is 0 Å². The average Bonchev–Trinajstić information content (AvgIpc) is 3.20. The molecular weight excluding hydrogens is 449 g/mol. The Labute approximate surface area is 193 Å². The first-order valence-electron chi connectivity index (χ1n) is 11.3. The number of amides is 1. The van der Waals surface area contributed by atoms with E-state index in [0.29, 0.717) is 37.8 Å². The van der Waals surface area contributed by atoms with Crippen LogP contribution in [-0.2, 0) is 19.0 Å². The van der Waals surface area contributed by atoms with Crippen LogP contribution in [0, 0.1) is 10.1 Å². The highest BCUT2D eigenvalue weighted by Crippen LogP contribution is 2.37. The Hall–Kier alpha value is -3.56. The van der Waals surface area contributed by atoms with E-state index in [1.807, 2.05) is 12.1 Å². The molecule has 1 fully saturated rings. The topological polar surface area (TPSA) is 82.5 Å². The quantitative estimate of drug-likeness (QED) is 0.433. The zero-order valence-electron chi connectivity index (χ0n) is 18.3. The Bertz CT molecular complexity index is 1280. The Balaban J connectivity index is 1.33. The summed E-state index contributed by atoms with van der Waals surface area (Å²) in [4.78, 5) is 30.6. The van der Waals surface area contributed by atoms with E-state index < -0.39 is 22.4 Å². The second-order valence-electron chi connectivity index (χ2n) is 8.79. The van der Waals surface area contributed by atoms with Gasteiger partial charge in [-0.05, 0) is 61.6 Å². The van der Waals surface area contributed by atoms with Crippen molar-refractivity contribution in [2.75, 3.05) is 31.1 Å². The van der Waals surface area contributed by atoms with Crippen molar-refractivity contribution in [3.05, 3.63) is 68.9 Å². The lowest BCUT2D eigenvalue weighted by molar-refractivity contribution is -0.384. The molecule has 1 aliphatic heterocycles. The van der Waals surface area contributed by atoms with E-state index in [-0.39, 0.29) is 11.6 Å². The molecule has 0 atom stereocenters. The molecule has 0 radical (unpaired) electrons. The van der Waals surface area contributed by atoms with Crippen molar-refractivity contribution in [2.24, 2.45) is 0 Å². The summed E-state index contributed by atoms with van der Waals surface area (Å²) in [5.41, 5.74) is 2.64. The van der Waals surface area contributed by atoms with Gasteiger partial charge in [0.25, 0.3) is 11.6 Å². The minimum Gasteiger partial charge on any atom is -0.362 e. The molecule has 1 aromatic heterocycles. The van der Waals surface area contributed by atoms with E-state index in [9.17, 15) is 28.1 Å². The minimum atomic E-state index is -4.66. The molecule has 0 spiro atoms. The van der Waals surface area contributed by atoms with Gasteiger partial charge in [0.1, 0.15) is 5.69 Å². The Morgan fingerprint density at radius 2 is 1.74 bits per heavy atom. The Kier molecular flexibility index (Phi) is 5.45. The fourth-order valence-electron chi connectivity index (χ4n) is 4.99. The first-order valence-corrected chi connectivity index (χ1v) is 11.3. The molecule has 1 N–H and O–H groups in total. The zero-order valence-corrected chi connectivity index (χ0v) is 18.3. The lowest BCUT2D eigenvalue weighted by Crippen LogP contribution is -2.49.